The predicted octanol–water partition coefficient (Wildman–Crippen LogP) is 1.64. The van der Waals surface area contributed by atoms with Crippen molar-refractivity contribution in [1.82, 2.24) is 4.98 Å². The second-order valence-electron chi connectivity index (χ2n) is 7.15. The molecule has 2 aliphatic rings. The van der Waals surface area contributed by atoms with Crippen LogP contribution < -0.4 is 11.2 Å². The molecule has 3 rings (SSSR count). The van der Waals surface area contributed by atoms with Gasteiger partial charge in [0.15, 0.2) is 0 Å². The SMILES string of the molecule is Cc1c(B2OC(C)(C)C(C)(C)O2)cncc1C1(N)CC1. The summed E-state index contributed by atoms with van der Waals surface area (Å²) in [4.78, 5) is 4.35. The first-order valence-corrected chi connectivity index (χ1v) is 7.26. The van der Waals surface area contributed by atoms with E-state index >= 15 is 0 Å². The monoisotopic (exact) mass is 274 g/mol. The first-order chi connectivity index (χ1) is 9.16. The fourth-order valence-corrected chi connectivity index (χ4v) is 2.65. The molecule has 0 atom stereocenters. The van der Waals surface area contributed by atoms with Crippen LogP contribution in [-0.2, 0) is 14.8 Å². The maximum absolute atomic E-state index is 6.32. The summed E-state index contributed by atoms with van der Waals surface area (Å²) in [7, 11) is -0.366. The minimum atomic E-state index is -0.366. The molecule has 20 heavy (non-hydrogen) atoms. The lowest BCUT2D eigenvalue weighted by Gasteiger charge is -2.32. The molecular formula is C15H23BN2O2. The van der Waals surface area contributed by atoms with Gasteiger partial charge in [0, 0.05) is 23.4 Å². The average molecular weight is 274 g/mol. The minimum absolute atomic E-state index is 0.184. The largest absolute Gasteiger partial charge is 0.496 e. The molecule has 2 fully saturated rings. The lowest BCUT2D eigenvalue weighted by atomic mass is 9.75. The van der Waals surface area contributed by atoms with E-state index in [1.165, 1.54) is 0 Å². The van der Waals surface area contributed by atoms with Crippen LogP contribution in [0, 0.1) is 6.92 Å². The summed E-state index contributed by atoms with van der Waals surface area (Å²) in [5.41, 5.74) is 8.75. The van der Waals surface area contributed by atoms with E-state index < -0.39 is 0 Å². The van der Waals surface area contributed by atoms with E-state index in [0.717, 1.165) is 29.4 Å². The molecule has 0 radical (unpaired) electrons. The summed E-state index contributed by atoms with van der Waals surface area (Å²) >= 11 is 0. The summed E-state index contributed by atoms with van der Waals surface area (Å²) < 4.78 is 12.2. The van der Waals surface area contributed by atoms with Crippen LogP contribution >= 0.6 is 0 Å². The van der Waals surface area contributed by atoms with Gasteiger partial charge in [-0.05, 0) is 58.6 Å². The molecular weight excluding hydrogens is 251 g/mol. The molecule has 108 valence electrons. The molecule has 2 heterocycles. The topological polar surface area (TPSA) is 57.4 Å². The van der Waals surface area contributed by atoms with Crippen molar-refractivity contribution in [3.63, 3.8) is 0 Å². The van der Waals surface area contributed by atoms with Crippen LogP contribution in [0.15, 0.2) is 12.4 Å². The van der Waals surface area contributed by atoms with Crippen LogP contribution in [0.4, 0.5) is 0 Å². The zero-order valence-corrected chi connectivity index (χ0v) is 13.0. The fourth-order valence-electron chi connectivity index (χ4n) is 2.65. The lowest BCUT2D eigenvalue weighted by Crippen LogP contribution is -2.41. The highest BCUT2D eigenvalue weighted by Gasteiger charge is 2.52. The summed E-state index contributed by atoms with van der Waals surface area (Å²) in [5, 5.41) is 0. The Morgan fingerprint density at radius 2 is 1.65 bits per heavy atom. The van der Waals surface area contributed by atoms with Crippen molar-refractivity contribution in [2.75, 3.05) is 0 Å². The number of pyridine rings is 1. The van der Waals surface area contributed by atoms with E-state index in [1.807, 2.05) is 12.4 Å². The molecule has 1 aromatic rings. The number of nitrogens with two attached hydrogens (primary N) is 1. The van der Waals surface area contributed by atoms with Gasteiger partial charge < -0.3 is 15.0 Å². The zero-order chi connectivity index (χ0) is 14.8. The molecule has 0 amide bonds. The summed E-state index contributed by atoms with van der Waals surface area (Å²) in [6, 6.07) is 0. The van der Waals surface area contributed by atoms with Crippen molar-refractivity contribution in [3.8, 4) is 0 Å². The van der Waals surface area contributed by atoms with Crippen molar-refractivity contribution in [2.45, 2.75) is 64.2 Å². The molecule has 0 unspecified atom stereocenters. The standard InChI is InChI=1S/C15H23BN2O2/c1-10-11(15(17)6-7-15)8-18-9-12(10)16-19-13(2,3)14(4,5)20-16/h8-9H,6-7,17H2,1-5H3. The van der Waals surface area contributed by atoms with Gasteiger partial charge in [-0.3, -0.25) is 4.98 Å². The zero-order valence-electron chi connectivity index (χ0n) is 13.0. The maximum atomic E-state index is 6.32. The summed E-state index contributed by atoms with van der Waals surface area (Å²) in [5.74, 6) is 0. The molecule has 0 bridgehead atoms. The van der Waals surface area contributed by atoms with Gasteiger partial charge in [0.2, 0.25) is 0 Å². The van der Waals surface area contributed by atoms with Crippen LogP contribution in [0.5, 0.6) is 0 Å². The molecule has 0 spiro atoms. The highest BCUT2D eigenvalue weighted by Crippen LogP contribution is 2.44. The molecule has 4 nitrogen and oxygen atoms in total. The Kier molecular flexibility index (Phi) is 2.85. The van der Waals surface area contributed by atoms with Crippen molar-refractivity contribution in [1.29, 1.82) is 0 Å². The third-order valence-electron chi connectivity index (χ3n) is 5.09. The van der Waals surface area contributed by atoms with Gasteiger partial charge in [-0.1, -0.05) is 0 Å². The minimum Gasteiger partial charge on any atom is -0.399 e. The van der Waals surface area contributed by atoms with Crippen molar-refractivity contribution < 1.29 is 9.31 Å². The first-order valence-electron chi connectivity index (χ1n) is 7.26. The van der Waals surface area contributed by atoms with E-state index in [4.69, 9.17) is 15.0 Å². The van der Waals surface area contributed by atoms with Crippen molar-refractivity contribution in [3.05, 3.63) is 23.5 Å². The van der Waals surface area contributed by atoms with Gasteiger partial charge in [0.25, 0.3) is 0 Å². The average Bonchev–Trinajstić information content (AvgIpc) is 3.01. The molecule has 1 saturated carbocycles. The highest BCUT2D eigenvalue weighted by atomic mass is 16.7. The van der Waals surface area contributed by atoms with Crippen LogP contribution in [0.1, 0.15) is 51.7 Å². The molecule has 1 aliphatic heterocycles. The molecule has 1 aromatic heterocycles. The maximum Gasteiger partial charge on any atom is 0.496 e. The smallest absolute Gasteiger partial charge is 0.399 e. The van der Waals surface area contributed by atoms with Crippen LogP contribution in [-0.4, -0.2) is 23.3 Å². The van der Waals surface area contributed by atoms with Crippen LogP contribution in [0.2, 0.25) is 0 Å². The Morgan fingerprint density at radius 1 is 1.10 bits per heavy atom. The first kappa shape index (κ1) is 14.0. The van der Waals surface area contributed by atoms with E-state index in [0.29, 0.717) is 0 Å². The van der Waals surface area contributed by atoms with Crippen molar-refractivity contribution >= 4 is 12.6 Å². The highest BCUT2D eigenvalue weighted by molar-refractivity contribution is 6.62. The van der Waals surface area contributed by atoms with Crippen LogP contribution in [0.25, 0.3) is 0 Å². The second-order valence-corrected chi connectivity index (χ2v) is 7.15. The number of hydrogen-bond acceptors (Lipinski definition) is 4. The van der Waals surface area contributed by atoms with Gasteiger partial charge in [-0.15, -0.1) is 0 Å². The molecule has 2 N–H and O–H groups in total. The van der Waals surface area contributed by atoms with E-state index in [1.54, 1.807) is 0 Å². The second kappa shape index (κ2) is 4.06. The van der Waals surface area contributed by atoms with Crippen molar-refractivity contribution in [2.24, 2.45) is 5.73 Å². The third-order valence-corrected chi connectivity index (χ3v) is 5.09. The summed E-state index contributed by atoms with van der Waals surface area (Å²) in [6.07, 6.45) is 5.79. The Hall–Kier alpha value is -0.905. The van der Waals surface area contributed by atoms with Gasteiger partial charge in [0.1, 0.15) is 0 Å². The lowest BCUT2D eigenvalue weighted by molar-refractivity contribution is 0.00578. The Balaban J connectivity index is 1.97. The number of rotatable bonds is 2. The van der Waals surface area contributed by atoms with Gasteiger partial charge in [-0.2, -0.15) is 0 Å². The quantitative estimate of drug-likeness (QED) is 0.833. The van der Waals surface area contributed by atoms with Crippen LogP contribution in [0.3, 0.4) is 0 Å². The Morgan fingerprint density at radius 3 is 2.15 bits per heavy atom. The molecule has 5 heteroatoms. The normalized spacial score (nSPS) is 25.8. The van der Waals surface area contributed by atoms with E-state index in [2.05, 4.69) is 39.6 Å². The number of hydrogen-bond donors (Lipinski definition) is 1. The molecule has 1 aliphatic carbocycles. The van der Waals surface area contributed by atoms with Gasteiger partial charge in [-0.25, -0.2) is 0 Å². The van der Waals surface area contributed by atoms with E-state index in [9.17, 15) is 0 Å². The summed E-state index contributed by atoms with van der Waals surface area (Å²) in [6.45, 7) is 10.3. The molecule has 0 aromatic carbocycles. The fraction of sp³-hybridized carbons (Fsp3) is 0.667. The number of nitrogens with zero attached hydrogens (tertiary/aromatic N) is 1. The number of aromatic nitrogens is 1. The third kappa shape index (κ3) is 2.00. The Labute approximate surface area is 121 Å². The van der Waals surface area contributed by atoms with Gasteiger partial charge >= 0.3 is 7.12 Å². The van der Waals surface area contributed by atoms with E-state index in [-0.39, 0.29) is 23.9 Å². The predicted molar refractivity (Wildman–Crippen MR) is 79.8 cm³/mol. The molecule has 1 saturated heterocycles. The Bertz CT molecular complexity index is 537. The van der Waals surface area contributed by atoms with Gasteiger partial charge in [0.05, 0.1) is 11.2 Å².